The first-order valence-electron chi connectivity index (χ1n) is 8.66. The maximum Gasteiger partial charge on any atom is 0.310 e. The van der Waals surface area contributed by atoms with Crippen LogP contribution in [0.2, 0.25) is 0 Å². The molecule has 0 aromatic heterocycles. The number of phenols is 1. The average molecular weight is 372 g/mol. The molecule has 0 fully saturated rings. The Balaban J connectivity index is 1.92. The zero-order valence-electron chi connectivity index (χ0n) is 15.5. The van der Waals surface area contributed by atoms with Crippen molar-refractivity contribution in [2.45, 2.75) is 19.8 Å². The van der Waals surface area contributed by atoms with Gasteiger partial charge in [-0.3, -0.25) is 9.59 Å². The van der Waals surface area contributed by atoms with Crippen LogP contribution in [0.15, 0.2) is 48.5 Å². The van der Waals surface area contributed by atoms with Gasteiger partial charge in [0, 0.05) is 12.8 Å². The summed E-state index contributed by atoms with van der Waals surface area (Å²) in [5.41, 5.74) is 1.75. The molecule has 1 atom stereocenters. The minimum absolute atomic E-state index is 0.0129. The quantitative estimate of drug-likeness (QED) is 0.682. The molecule has 0 aliphatic heterocycles. The van der Waals surface area contributed by atoms with E-state index in [0.717, 1.165) is 5.56 Å². The Morgan fingerprint density at radius 2 is 1.70 bits per heavy atom. The summed E-state index contributed by atoms with van der Waals surface area (Å²) < 4.78 is 15.5. The molecule has 0 saturated carbocycles. The highest BCUT2D eigenvalue weighted by atomic mass is 16.5. The van der Waals surface area contributed by atoms with Gasteiger partial charge in [0.05, 0.1) is 26.7 Å². The van der Waals surface area contributed by atoms with Crippen molar-refractivity contribution in [2.75, 3.05) is 20.3 Å². The lowest BCUT2D eigenvalue weighted by atomic mass is 10.0. The molecule has 0 heterocycles. The van der Waals surface area contributed by atoms with E-state index in [1.165, 1.54) is 20.1 Å². The highest BCUT2D eigenvalue weighted by molar-refractivity contribution is 5.73. The summed E-state index contributed by atoms with van der Waals surface area (Å²) in [5, 5.41) is 9.61. The molecular weight excluding hydrogens is 348 g/mol. The van der Waals surface area contributed by atoms with Crippen molar-refractivity contribution in [3.8, 4) is 11.5 Å². The summed E-state index contributed by atoms with van der Waals surface area (Å²) >= 11 is 0. The smallest absolute Gasteiger partial charge is 0.310 e. The summed E-state index contributed by atoms with van der Waals surface area (Å²) in [7, 11) is 1.44. The van der Waals surface area contributed by atoms with Crippen molar-refractivity contribution < 1.29 is 28.9 Å². The van der Waals surface area contributed by atoms with Gasteiger partial charge in [0.2, 0.25) is 0 Å². The zero-order chi connectivity index (χ0) is 19.6. The average Bonchev–Trinajstić information content (AvgIpc) is 2.66. The molecule has 6 heteroatoms. The van der Waals surface area contributed by atoms with Crippen molar-refractivity contribution in [3.63, 3.8) is 0 Å². The molecular formula is C21H24O6. The van der Waals surface area contributed by atoms with E-state index in [9.17, 15) is 14.7 Å². The van der Waals surface area contributed by atoms with Crippen molar-refractivity contribution in [1.82, 2.24) is 0 Å². The van der Waals surface area contributed by atoms with Gasteiger partial charge in [-0.05, 0) is 29.7 Å². The van der Waals surface area contributed by atoms with Gasteiger partial charge >= 0.3 is 11.9 Å². The first kappa shape index (κ1) is 20.3. The van der Waals surface area contributed by atoms with Gasteiger partial charge in [-0.15, -0.1) is 0 Å². The molecule has 6 nitrogen and oxygen atoms in total. The van der Waals surface area contributed by atoms with E-state index in [1.807, 2.05) is 30.3 Å². The van der Waals surface area contributed by atoms with Crippen LogP contribution >= 0.6 is 0 Å². The predicted octanol–water partition coefficient (Wildman–Crippen LogP) is 2.91. The standard InChI is InChI=1S/C21H24O6/c1-15(22)26-13-18(10-16-6-4-3-5-7-16)14-27-21(24)12-17-8-9-19(23)20(11-17)25-2/h3-9,11,18,23H,10,12-14H2,1-2H3. The lowest BCUT2D eigenvalue weighted by Gasteiger charge is -2.17. The van der Waals surface area contributed by atoms with Crippen molar-refractivity contribution in [3.05, 3.63) is 59.7 Å². The Morgan fingerprint density at radius 1 is 1.00 bits per heavy atom. The summed E-state index contributed by atoms with van der Waals surface area (Å²) in [6, 6.07) is 14.5. The number of carbonyl (C=O) groups excluding carboxylic acids is 2. The predicted molar refractivity (Wildman–Crippen MR) is 99.6 cm³/mol. The van der Waals surface area contributed by atoms with Crippen LogP contribution in [0, 0.1) is 5.92 Å². The van der Waals surface area contributed by atoms with Crippen LogP contribution in [0.25, 0.3) is 0 Å². The first-order valence-corrected chi connectivity index (χ1v) is 8.66. The molecule has 27 heavy (non-hydrogen) atoms. The van der Waals surface area contributed by atoms with Crippen LogP contribution < -0.4 is 4.74 Å². The number of rotatable bonds is 9. The molecule has 0 bridgehead atoms. The number of carbonyl (C=O) groups is 2. The van der Waals surface area contributed by atoms with E-state index in [-0.39, 0.29) is 37.3 Å². The maximum absolute atomic E-state index is 12.2. The van der Waals surface area contributed by atoms with Crippen LogP contribution in [0.5, 0.6) is 11.5 Å². The van der Waals surface area contributed by atoms with E-state index < -0.39 is 5.97 Å². The van der Waals surface area contributed by atoms with E-state index in [2.05, 4.69) is 0 Å². The van der Waals surface area contributed by atoms with Crippen LogP contribution in [0.4, 0.5) is 0 Å². The van der Waals surface area contributed by atoms with Gasteiger partial charge in [-0.25, -0.2) is 0 Å². The van der Waals surface area contributed by atoms with E-state index in [0.29, 0.717) is 17.7 Å². The highest BCUT2D eigenvalue weighted by Gasteiger charge is 2.16. The van der Waals surface area contributed by atoms with Crippen LogP contribution in [0.3, 0.4) is 0 Å². The molecule has 144 valence electrons. The summed E-state index contributed by atoms with van der Waals surface area (Å²) in [5.74, 6) is -0.579. The van der Waals surface area contributed by atoms with E-state index >= 15 is 0 Å². The molecule has 2 rings (SSSR count). The minimum Gasteiger partial charge on any atom is -0.504 e. The SMILES string of the molecule is COc1cc(CC(=O)OCC(COC(C)=O)Cc2ccccc2)ccc1O. The van der Waals surface area contributed by atoms with Gasteiger partial charge in [0.15, 0.2) is 11.5 Å². The Bertz CT molecular complexity index is 757. The Kier molecular flexibility index (Phi) is 7.67. The molecule has 0 spiro atoms. The minimum atomic E-state index is -0.399. The fraction of sp³-hybridized carbons (Fsp3) is 0.333. The summed E-state index contributed by atoms with van der Waals surface area (Å²) in [6.07, 6.45) is 0.691. The van der Waals surface area contributed by atoms with Crippen molar-refractivity contribution in [1.29, 1.82) is 0 Å². The molecule has 0 amide bonds. The number of methoxy groups -OCH3 is 1. The molecule has 1 N–H and O–H groups in total. The number of ether oxygens (including phenoxy) is 3. The summed E-state index contributed by atoms with van der Waals surface area (Å²) in [4.78, 5) is 23.3. The van der Waals surface area contributed by atoms with Gasteiger partial charge in [0.25, 0.3) is 0 Å². The second-order valence-electron chi connectivity index (χ2n) is 6.22. The number of hydrogen-bond donors (Lipinski definition) is 1. The Morgan fingerprint density at radius 3 is 2.37 bits per heavy atom. The summed E-state index contributed by atoms with van der Waals surface area (Å²) in [6.45, 7) is 1.69. The molecule has 2 aromatic rings. The number of phenolic OH excluding ortho intramolecular Hbond substituents is 1. The van der Waals surface area contributed by atoms with Crippen molar-refractivity contribution in [2.24, 2.45) is 5.92 Å². The normalized spacial score (nSPS) is 11.5. The van der Waals surface area contributed by atoms with Gasteiger partial charge in [-0.1, -0.05) is 36.4 Å². The highest BCUT2D eigenvalue weighted by Crippen LogP contribution is 2.26. The molecule has 2 aromatic carbocycles. The lowest BCUT2D eigenvalue weighted by molar-refractivity contribution is -0.147. The third-order valence-corrected chi connectivity index (χ3v) is 3.96. The number of aromatic hydroxyl groups is 1. The van der Waals surface area contributed by atoms with Crippen LogP contribution in [-0.4, -0.2) is 37.4 Å². The number of esters is 2. The van der Waals surface area contributed by atoms with Gasteiger partial charge in [-0.2, -0.15) is 0 Å². The second kappa shape index (κ2) is 10.2. The molecule has 1 unspecified atom stereocenters. The maximum atomic E-state index is 12.2. The number of benzene rings is 2. The van der Waals surface area contributed by atoms with Crippen LogP contribution in [0.1, 0.15) is 18.1 Å². The van der Waals surface area contributed by atoms with Gasteiger partial charge in [0.1, 0.15) is 0 Å². The second-order valence-corrected chi connectivity index (χ2v) is 6.22. The Labute approximate surface area is 158 Å². The largest absolute Gasteiger partial charge is 0.504 e. The fourth-order valence-corrected chi connectivity index (χ4v) is 2.61. The van der Waals surface area contributed by atoms with Crippen LogP contribution in [-0.2, 0) is 31.9 Å². The van der Waals surface area contributed by atoms with Gasteiger partial charge < -0.3 is 19.3 Å². The molecule has 0 aliphatic rings. The number of hydrogen-bond acceptors (Lipinski definition) is 6. The van der Waals surface area contributed by atoms with Crippen molar-refractivity contribution >= 4 is 11.9 Å². The third-order valence-electron chi connectivity index (χ3n) is 3.96. The lowest BCUT2D eigenvalue weighted by Crippen LogP contribution is -2.23. The molecule has 0 saturated heterocycles. The third kappa shape index (κ3) is 7.01. The zero-order valence-corrected chi connectivity index (χ0v) is 15.5. The van der Waals surface area contributed by atoms with E-state index in [4.69, 9.17) is 14.2 Å². The monoisotopic (exact) mass is 372 g/mol. The molecule has 0 aliphatic carbocycles. The fourth-order valence-electron chi connectivity index (χ4n) is 2.61. The van der Waals surface area contributed by atoms with E-state index in [1.54, 1.807) is 12.1 Å². The topological polar surface area (TPSA) is 82.1 Å². The molecule has 0 radical (unpaired) electrons. The Hall–Kier alpha value is -3.02. The first-order chi connectivity index (χ1) is 13.0.